The molecule has 2 aromatic carbocycles. The molecule has 13 heteroatoms. The number of H-pyrrole nitrogens is 2. The molecule has 43 heavy (non-hydrogen) atoms. The van der Waals surface area contributed by atoms with Gasteiger partial charge in [0.05, 0.1) is 24.0 Å². The first-order chi connectivity index (χ1) is 20.4. The Morgan fingerprint density at radius 2 is 1.84 bits per heavy atom. The van der Waals surface area contributed by atoms with Gasteiger partial charge in [0.25, 0.3) is 11.8 Å². The fourth-order valence-electron chi connectivity index (χ4n) is 4.68. The summed E-state index contributed by atoms with van der Waals surface area (Å²) in [7, 11) is 0. The first kappa shape index (κ1) is 29.9. The number of aryl methyl sites for hydroxylation is 1. The molecule has 2 aromatic heterocycles. The van der Waals surface area contributed by atoms with Gasteiger partial charge in [-0.3, -0.25) is 14.9 Å². The summed E-state index contributed by atoms with van der Waals surface area (Å²) in [5.74, 6) is 0.0396. The number of rotatable bonds is 7. The monoisotopic (exact) mass is 607 g/mol. The quantitative estimate of drug-likeness (QED) is 0.208. The van der Waals surface area contributed by atoms with Crippen LogP contribution in [0.15, 0.2) is 42.7 Å². The summed E-state index contributed by atoms with van der Waals surface area (Å²) < 4.78 is 11.5. The predicted molar refractivity (Wildman–Crippen MR) is 163 cm³/mol. The molecule has 1 saturated heterocycles. The Labute approximate surface area is 253 Å². The summed E-state index contributed by atoms with van der Waals surface area (Å²) >= 11 is 6.05. The standard InChI is InChI=1S/C30H34ClN7O5/c1-17-5-6-19(31)13-22(17)34-26(39)24-25(33-16-32-24)27(40)37-28-35-21-8-7-20(14-23(21)36-28)42-15-18-9-11-38(12-10-18)29(41)43-30(2,3)4/h5-8,13-14,16,18H,9-12,15H2,1-4H3,(H,32,33)(H,34,39)(H2,35,36,37,40). The summed E-state index contributed by atoms with van der Waals surface area (Å²) in [6, 6.07) is 10.6. The molecule has 0 spiro atoms. The number of ether oxygens (including phenoxy) is 2. The van der Waals surface area contributed by atoms with Gasteiger partial charge in [0.2, 0.25) is 5.95 Å². The van der Waals surface area contributed by atoms with Crippen molar-refractivity contribution in [3.63, 3.8) is 0 Å². The van der Waals surface area contributed by atoms with Crippen LogP contribution in [0.1, 0.15) is 60.2 Å². The third-order valence-electron chi connectivity index (χ3n) is 6.97. The highest BCUT2D eigenvalue weighted by molar-refractivity contribution is 6.31. The minimum absolute atomic E-state index is 0.0145. The van der Waals surface area contributed by atoms with Crippen LogP contribution in [0.5, 0.6) is 5.75 Å². The molecule has 4 aromatic rings. The lowest BCUT2D eigenvalue weighted by Crippen LogP contribution is -2.42. The molecule has 5 rings (SSSR count). The summed E-state index contributed by atoms with van der Waals surface area (Å²) in [6.07, 6.45) is 2.65. The number of benzene rings is 2. The summed E-state index contributed by atoms with van der Waals surface area (Å²) in [5.41, 5.74) is 2.04. The lowest BCUT2D eigenvalue weighted by molar-refractivity contribution is 0.0164. The van der Waals surface area contributed by atoms with Crippen LogP contribution in [0.25, 0.3) is 11.0 Å². The topological polar surface area (TPSA) is 154 Å². The van der Waals surface area contributed by atoms with Crippen LogP contribution in [0.4, 0.5) is 16.4 Å². The lowest BCUT2D eigenvalue weighted by Gasteiger charge is -2.33. The molecule has 0 bridgehead atoms. The largest absolute Gasteiger partial charge is 0.493 e. The zero-order valence-corrected chi connectivity index (χ0v) is 25.2. The maximum absolute atomic E-state index is 13.0. The molecule has 0 atom stereocenters. The number of hydrogen-bond acceptors (Lipinski definition) is 7. The minimum atomic E-state index is -0.585. The number of nitrogens with one attached hydrogen (secondary N) is 4. The number of aromatic amines is 2. The van der Waals surface area contributed by atoms with E-state index >= 15 is 0 Å². The number of piperidine rings is 1. The van der Waals surface area contributed by atoms with Gasteiger partial charge in [-0.2, -0.15) is 0 Å². The van der Waals surface area contributed by atoms with E-state index < -0.39 is 17.4 Å². The second-order valence-electron chi connectivity index (χ2n) is 11.5. The van der Waals surface area contributed by atoms with E-state index in [1.165, 1.54) is 6.33 Å². The van der Waals surface area contributed by atoms with Gasteiger partial charge in [-0.05, 0) is 76.3 Å². The number of aromatic nitrogens is 4. The van der Waals surface area contributed by atoms with Crippen LogP contribution >= 0.6 is 11.6 Å². The van der Waals surface area contributed by atoms with Gasteiger partial charge in [-0.15, -0.1) is 0 Å². The van der Waals surface area contributed by atoms with Crippen molar-refractivity contribution in [2.75, 3.05) is 30.3 Å². The van der Waals surface area contributed by atoms with Gasteiger partial charge in [0.15, 0.2) is 5.69 Å². The minimum Gasteiger partial charge on any atom is -0.493 e. The number of halogens is 1. The molecular formula is C30H34ClN7O5. The Bertz CT molecular complexity index is 1650. The number of imidazole rings is 2. The van der Waals surface area contributed by atoms with E-state index in [0.717, 1.165) is 18.4 Å². The van der Waals surface area contributed by atoms with Crippen molar-refractivity contribution in [2.24, 2.45) is 5.92 Å². The Hall–Kier alpha value is -4.58. The number of amides is 3. The first-order valence-electron chi connectivity index (χ1n) is 14.0. The van der Waals surface area contributed by atoms with E-state index in [-0.39, 0.29) is 23.4 Å². The summed E-state index contributed by atoms with van der Waals surface area (Å²) in [4.78, 5) is 54.2. The molecule has 12 nitrogen and oxygen atoms in total. The van der Waals surface area contributed by atoms with Crippen LogP contribution in [-0.2, 0) is 4.74 Å². The molecule has 0 radical (unpaired) electrons. The van der Waals surface area contributed by atoms with Crippen LogP contribution in [0.3, 0.4) is 0 Å². The SMILES string of the molecule is Cc1ccc(Cl)cc1NC(=O)c1nc[nH]c1C(=O)Nc1nc2ccc(OCC3CCN(C(=O)OC(C)(C)C)CC3)cc2[nH]1. The van der Waals surface area contributed by atoms with Crippen LogP contribution in [-0.4, -0.2) is 68.0 Å². The average Bonchev–Trinajstić information content (AvgIpc) is 3.60. The Morgan fingerprint density at radius 3 is 2.58 bits per heavy atom. The third-order valence-corrected chi connectivity index (χ3v) is 7.20. The highest BCUT2D eigenvalue weighted by atomic mass is 35.5. The highest BCUT2D eigenvalue weighted by Crippen LogP contribution is 2.25. The van der Waals surface area contributed by atoms with Crippen molar-refractivity contribution in [1.82, 2.24) is 24.8 Å². The number of carbonyl (C=O) groups excluding carboxylic acids is 3. The van der Waals surface area contributed by atoms with Gasteiger partial charge < -0.3 is 29.7 Å². The molecule has 4 N–H and O–H groups in total. The Balaban J connectivity index is 1.16. The summed E-state index contributed by atoms with van der Waals surface area (Å²) in [5, 5.41) is 5.90. The fourth-order valence-corrected chi connectivity index (χ4v) is 4.85. The average molecular weight is 608 g/mol. The Kier molecular flexibility index (Phi) is 8.58. The normalized spacial score (nSPS) is 14.0. The number of fused-ring (bicyclic) bond motifs is 1. The van der Waals surface area contributed by atoms with Gasteiger partial charge in [-0.25, -0.2) is 14.8 Å². The third kappa shape index (κ3) is 7.44. The molecule has 0 saturated carbocycles. The van der Waals surface area contributed by atoms with Gasteiger partial charge in [0.1, 0.15) is 17.0 Å². The van der Waals surface area contributed by atoms with E-state index in [4.69, 9.17) is 21.1 Å². The lowest BCUT2D eigenvalue weighted by atomic mass is 9.98. The smallest absolute Gasteiger partial charge is 0.410 e. The van der Waals surface area contributed by atoms with E-state index in [9.17, 15) is 14.4 Å². The molecule has 226 valence electrons. The number of carbonyl (C=O) groups is 3. The van der Waals surface area contributed by atoms with Gasteiger partial charge in [-0.1, -0.05) is 17.7 Å². The molecule has 3 heterocycles. The number of nitrogens with zero attached hydrogens (tertiary/aromatic N) is 3. The van der Waals surface area contributed by atoms with Crippen molar-refractivity contribution >= 4 is 52.2 Å². The number of hydrogen-bond donors (Lipinski definition) is 4. The van der Waals surface area contributed by atoms with E-state index in [1.54, 1.807) is 29.2 Å². The second kappa shape index (κ2) is 12.3. The maximum atomic E-state index is 13.0. The zero-order chi connectivity index (χ0) is 30.7. The second-order valence-corrected chi connectivity index (χ2v) is 11.9. The molecule has 1 fully saturated rings. The predicted octanol–water partition coefficient (Wildman–Crippen LogP) is 5.78. The molecular weight excluding hydrogens is 574 g/mol. The van der Waals surface area contributed by atoms with Crippen LogP contribution in [0.2, 0.25) is 5.02 Å². The first-order valence-corrected chi connectivity index (χ1v) is 14.4. The Morgan fingerprint density at radius 1 is 1.07 bits per heavy atom. The van der Waals surface area contributed by atoms with E-state index in [2.05, 4.69) is 30.6 Å². The van der Waals surface area contributed by atoms with E-state index in [0.29, 0.717) is 53.1 Å². The molecule has 3 amide bonds. The van der Waals surface area contributed by atoms with Crippen molar-refractivity contribution in [1.29, 1.82) is 0 Å². The number of likely N-dealkylation sites (tertiary alicyclic amines) is 1. The van der Waals surface area contributed by atoms with Gasteiger partial charge in [0, 0.05) is 29.9 Å². The van der Waals surface area contributed by atoms with Crippen molar-refractivity contribution in [2.45, 2.75) is 46.1 Å². The van der Waals surface area contributed by atoms with Crippen molar-refractivity contribution < 1.29 is 23.9 Å². The van der Waals surface area contributed by atoms with Crippen molar-refractivity contribution in [3.05, 3.63) is 64.7 Å². The molecule has 0 unspecified atom stereocenters. The van der Waals surface area contributed by atoms with Crippen molar-refractivity contribution in [3.8, 4) is 5.75 Å². The van der Waals surface area contributed by atoms with Crippen LogP contribution in [0, 0.1) is 12.8 Å². The van der Waals surface area contributed by atoms with E-state index in [1.807, 2.05) is 39.8 Å². The fraction of sp³-hybridized carbons (Fsp3) is 0.367. The van der Waals surface area contributed by atoms with Crippen LogP contribution < -0.4 is 15.4 Å². The maximum Gasteiger partial charge on any atom is 0.410 e. The highest BCUT2D eigenvalue weighted by Gasteiger charge is 2.27. The molecule has 1 aliphatic heterocycles. The number of anilines is 2. The summed E-state index contributed by atoms with van der Waals surface area (Å²) in [6.45, 7) is 9.20. The zero-order valence-electron chi connectivity index (χ0n) is 24.4. The molecule has 1 aliphatic rings. The van der Waals surface area contributed by atoms with Gasteiger partial charge >= 0.3 is 6.09 Å². The molecule has 0 aliphatic carbocycles.